The third-order valence-electron chi connectivity index (χ3n) is 8.11. The Labute approximate surface area is 154 Å². The Morgan fingerprint density at radius 3 is 2.40 bits per heavy atom. The first-order valence-electron chi connectivity index (χ1n) is 10.2. The average Bonchev–Trinajstić information content (AvgIpc) is 3.03. The van der Waals surface area contributed by atoms with Crippen molar-refractivity contribution in [2.24, 2.45) is 23.2 Å². The Morgan fingerprint density at radius 2 is 1.80 bits per heavy atom. The molecule has 0 aromatic rings. The topological polar surface area (TPSA) is 49.4 Å². The summed E-state index contributed by atoms with van der Waals surface area (Å²) in [7, 11) is 0. The van der Waals surface area contributed by atoms with E-state index in [2.05, 4.69) is 19.2 Å². The molecule has 0 spiro atoms. The maximum absolute atomic E-state index is 13.1. The molecule has 2 saturated heterocycles. The standard InChI is InChI=1S/C20H30N2O2S/c1-12(20-8-13-5-14(9-20)7-15(6-13)10-20)21-18(24)16-11-25-19(2)4-3-17(23)22(16)19/h12-16H,3-11H2,1-2H3,(H,21,24)/t12-,13?,14?,15?,16+,19-,20?/m0/s1. The number of carbonyl (C=O) groups is 2. The monoisotopic (exact) mass is 362 g/mol. The van der Waals surface area contributed by atoms with Gasteiger partial charge in [0.25, 0.3) is 0 Å². The van der Waals surface area contributed by atoms with Gasteiger partial charge < -0.3 is 10.2 Å². The Morgan fingerprint density at radius 1 is 1.20 bits per heavy atom. The van der Waals surface area contributed by atoms with Gasteiger partial charge in [0, 0.05) is 18.2 Å². The molecule has 6 rings (SSSR count). The molecule has 25 heavy (non-hydrogen) atoms. The van der Waals surface area contributed by atoms with Gasteiger partial charge in [0.15, 0.2) is 0 Å². The smallest absolute Gasteiger partial charge is 0.243 e. The summed E-state index contributed by atoms with van der Waals surface area (Å²) >= 11 is 1.79. The molecule has 2 amide bonds. The molecule has 0 aromatic carbocycles. The second-order valence-corrected chi connectivity index (χ2v) is 11.3. The predicted octanol–water partition coefficient (Wildman–Crippen LogP) is 3.16. The largest absolute Gasteiger partial charge is 0.351 e. The van der Waals surface area contributed by atoms with Crippen LogP contribution in [0.2, 0.25) is 0 Å². The lowest BCUT2D eigenvalue weighted by Crippen LogP contribution is -2.59. The van der Waals surface area contributed by atoms with Crippen LogP contribution >= 0.6 is 11.8 Å². The predicted molar refractivity (Wildman–Crippen MR) is 98.9 cm³/mol. The summed E-state index contributed by atoms with van der Waals surface area (Å²) in [5, 5.41) is 3.38. The molecule has 5 heteroatoms. The lowest BCUT2D eigenvalue weighted by molar-refractivity contribution is -0.139. The highest BCUT2D eigenvalue weighted by atomic mass is 32.2. The van der Waals surface area contributed by atoms with Crippen molar-refractivity contribution in [1.29, 1.82) is 0 Å². The number of fused-ring (bicyclic) bond motifs is 1. The molecule has 4 nitrogen and oxygen atoms in total. The van der Waals surface area contributed by atoms with Crippen LogP contribution in [0.25, 0.3) is 0 Å². The van der Waals surface area contributed by atoms with Gasteiger partial charge in [-0.3, -0.25) is 9.59 Å². The van der Waals surface area contributed by atoms with Gasteiger partial charge in [-0.1, -0.05) is 0 Å². The summed E-state index contributed by atoms with van der Waals surface area (Å²) in [6, 6.07) is -0.0238. The minimum absolute atomic E-state index is 0.0923. The van der Waals surface area contributed by atoms with Gasteiger partial charge in [-0.25, -0.2) is 0 Å². The molecule has 2 aliphatic heterocycles. The van der Waals surface area contributed by atoms with E-state index in [1.54, 1.807) is 11.8 Å². The number of nitrogens with zero attached hydrogens (tertiary/aromatic N) is 1. The lowest BCUT2D eigenvalue weighted by Gasteiger charge is -2.59. The summed E-state index contributed by atoms with van der Waals surface area (Å²) in [5.41, 5.74) is 0.328. The quantitative estimate of drug-likeness (QED) is 0.839. The molecular formula is C20H30N2O2S. The molecule has 0 aromatic heterocycles. The molecule has 0 unspecified atom stereocenters. The first-order valence-corrected chi connectivity index (χ1v) is 11.1. The van der Waals surface area contributed by atoms with Crippen LogP contribution in [0.4, 0.5) is 0 Å². The van der Waals surface area contributed by atoms with Gasteiger partial charge in [0.1, 0.15) is 6.04 Å². The highest BCUT2D eigenvalue weighted by molar-refractivity contribution is 8.01. The van der Waals surface area contributed by atoms with E-state index in [1.165, 1.54) is 38.5 Å². The van der Waals surface area contributed by atoms with Crippen LogP contribution in [-0.4, -0.2) is 39.4 Å². The van der Waals surface area contributed by atoms with Gasteiger partial charge in [-0.15, -0.1) is 11.8 Å². The minimum atomic E-state index is -0.263. The molecule has 6 aliphatic rings. The highest BCUT2D eigenvalue weighted by Crippen LogP contribution is 2.61. The number of rotatable bonds is 3. The number of nitrogens with one attached hydrogen (secondary N) is 1. The Hall–Kier alpha value is -0.710. The van der Waals surface area contributed by atoms with E-state index in [-0.39, 0.29) is 28.8 Å². The second-order valence-electron chi connectivity index (χ2n) is 9.78. The maximum Gasteiger partial charge on any atom is 0.243 e. The molecule has 2 heterocycles. The van der Waals surface area contributed by atoms with Crippen molar-refractivity contribution in [3.8, 4) is 0 Å². The number of amides is 2. The van der Waals surface area contributed by atoms with Crippen LogP contribution < -0.4 is 5.32 Å². The molecule has 138 valence electrons. The van der Waals surface area contributed by atoms with E-state index in [1.807, 2.05) is 4.90 Å². The van der Waals surface area contributed by atoms with Gasteiger partial charge in [-0.2, -0.15) is 0 Å². The second kappa shape index (κ2) is 5.40. The summed E-state index contributed by atoms with van der Waals surface area (Å²) in [5.74, 6) is 3.70. The van der Waals surface area contributed by atoms with Gasteiger partial charge in [0.05, 0.1) is 4.87 Å². The lowest BCUT2D eigenvalue weighted by atomic mass is 9.48. The zero-order chi connectivity index (χ0) is 17.4. The zero-order valence-corrected chi connectivity index (χ0v) is 16.2. The van der Waals surface area contributed by atoms with E-state index < -0.39 is 0 Å². The average molecular weight is 363 g/mol. The van der Waals surface area contributed by atoms with Crippen LogP contribution in [0.3, 0.4) is 0 Å². The number of hydrogen-bond acceptors (Lipinski definition) is 3. The fraction of sp³-hybridized carbons (Fsp3) is 0.900. The summed E-state index contributed by atoms with van der Waals surface area (Å²) in [6.07, 6.45) is 9.68. The van der Waals surface area contributed by atoms with Crippen molar-refractivity contribution in [3.63, 3.8) is 0 Å². The summed E-state index contributed by atoms with van der Waals surface area (Å²) in [4.78, 5) is 27.1. The number of hydrogen-bond donors (Lipinski definition) is 1. The SMILES string of the molecule is C[C@H](NC(=O)[C@H]1CS[C@@]2(C)CCC(=O)N12)C12CC3CC(CC(C3)C1)C2. The minimum Gasteiger partial charge on any atom is -0.351 e. The molecule has 4 bridgehead atoms. The number of carbonyl (C=O) groups excluding carboxylic acids is 2. The van der Waals surface area contributed by atoms with Gasteiger partial charge in [0.2, 0.25) is 11.8 Å². The Balaban J connectivity index is 1.31. The van der Waals surface area contributed by atoms with E-state index in [0.29, 0.717) is 11.8 Å². The molecule has 4 saturated carbocycles. The van der Waals surface area contributed by atoms with Crippen molar-refractivity contribution in [1.82, 2.24) is 10.2 Å². The van der Waals surface area contributed by atoms with Crippen LogP contribution in [-0.2, 0) is 9.59 Å². The molecule has 4 aliphatic carbocycles. The van der Waals surface area contributed by atoms with Crippen molar-refractivity contribution in [3.05, 3.63) is 0 Å². The summed E-state index contributed by atoms with van der Waals surface area (Å²) in [6.45, 7) is 4.36. The van der Waals surface area contributed by atoms with Crippen LogP contribution in [0.15, 0.2) is 0 Å². The van der Waals surface area contributed by atoms with Gasteiger partial charge in [-0.05, 0) is 82.0 Å². The van der Waals surface area contributed by atoms with Crippen LogP contribution in [0, 0.1) is 23.2 Å². The maximum atomic E-state index is 13.1. The van der Waals surface area contributed by atoms with Crippen LogP contribution in [0.1, 0.15) is 65.2 Å². The van der Waals surface area contributed by atoms with Crippen molar-refractivity contribution in [2.45, 2.75) is 82.2 Å². The fourth-order valence-corrected chi connectivity index (χ4v) is 8.62. The molecule has 0 radical (unpaired) electrons. The number of thioether (sulfide) groups is 1. The molecular weight excluding hydrogens is 332 g/mol. The zero-order valence-electron chi connectivity index (χ0n) is 15.4. The first-order chi connectivity index (χ1) is 11.9. The normalized spacial score (nSPS) is 48.7. The Kier molecular flexibility index (Phi) is 3.56. The molecule has 1 N–H and O–H groups in total. The van der Waals surface area contributed by atoms with E-state index >= 15 is 0 Å². The molecule has 3 atom stereocenters. The first kappa shape index (κ1) is 16.5. The fourth-order valence-electron chi connectivity index (χ4n) is 7.19. The van der Waals surface area contributed by atoms with Crippen molar-refractivity contribution >= 4 is 23.6 Å². The summed E-state index contributed by atoms with van der Waals surface area (Å²) < 4.78 is 0. The Bertz CT molecular complexity index is 586. The van der Waals surface area contributed by atoms with Crippen molar-refractivity contribution < 1.29 is 9.59 Å². The third kappa shape index (κ3) is 2.40. The van der Waals surface area contributed by atoms with E-state index in [0.717, 1.165) is 29.9 Å². The van der Waals surface area contributed by atoms with Crippen LogP contribution in [0.5, 0.6) is 0 Å². The van der Waals surface area contributed by atoms with E-state index in [9.17, 15) is 9.59 Å². The van der Waals surface area contributed by atoms with E-state index in [4.69, 9.17) is 0 Å². The van der Waals surface area contributed by atoms with Gasteiger partial charge >= 0.3 is 0 Å². The molecule has 6 fully saturated rings. The van der Waals surface area contributed by atoms with Crippen molar-refractivity contribution in [2.75, 3.05) is 5.75 Å². The highest BCUT2D eigenvalue weighted by Gasteiger charge is 2.55. The third-order valence-corrected chi connectivity index (χ3v) is 9.62.